The zero-order valence-corrected chi connectivity index (χ0v) is 11.4. The number of ether oxygens (including phenoxy) is 1. The normalized spacial score (nSPS) is 27.2. The van der Waals surface area contributed by atoms with Crippen LogP contribution in [-0.4, -0.2) is 39.5 Å². The van der Waals surface area contributed by atoms with Gasteiger partial charge in [0.1, 0.15) is 0 Å². The molecular weight excluding hydrogens is 264 g/mol. The molecular formula is C10H21ClN2O3S. The van der Waals surface area contributed by atoms with Crippen LogP contribution >= 0.6 is 12.4 Å². The molecule has 1 saturated carbocycles. The van der Waals surface area contributed by atoms with Gasteiger partial charge < -0.3 is 10.5 Å². The fraction of sp³-hybridized carbons (Fsp3) is 1.00. The van der Waals surface area contributed by atoms with Crippen LogP contribution in [0.2, 0.25) is 0 Å². The van der Waals surface area contributed by atoms with Gasteiger partial charge in [-0.15, -0.1) is 12.4 Å². The first kappa shape index (κ1) is 15.2. The molecule has 1 aliphatic carbocycles. The van der Waals surface area contributed by atoms with Gasteiger partial charge in [0.2, 0.25) is 10.0 Å². The van der Waals surface area contributed by atoms with E-state index in [2.05, 4.69) is 4.72 Å². The van der Waals surface area contributed by atoms with Crippen molar-refractivity contribution in [2.75, 3.05) is 19.8 Å². The zero-order chi connectivity index (χ0) is 11.6. The quantitative estimate of drug-likeness (QED) is 0.758. The smallest absolute Gasteiger partial charge is 0.217 e. The fourth-order valence-corrected chi connectivity index (χ4v) is 3.75. The number of hydrogen-bond donors (Lipinski definition) is 2. The van der Waals surface area contributed by atoms with Crippen LogP contribution in [-0.2, 0) is 14.8 Å². The lowest BCUT2D eigenvalue weighted by molar-refractivity contribution is 0.0987. The van der Waals surface area contributed by atoms with E-state index in [4.69, 9.17) is 10.5 Å². The van der Waals surface area contributed by atoms with Crippen molar-refractivity contribution in [3.8, 4) is 0 Å². The lowest BCUT2D eigenvalue weighted by Crippen LogP contribution is -2.47. The molecule has 1 saturated heterocycles. The van der Waals surface area contributed by atoms with Gasteiger partial charge in [0, 0.05) is 19.2 Å². The van der Waals surface area contributed by atoms with Crippen molar-refractivity contribution in [2.24, 2.45) is 11.7 Å². The van der Waals surface area contributed by atoms with E-state index in [1.165, 1.54) is 0 Å². The third-order valence-corrected chi connectivity index (χ3v) is 5.20. The molecule has 0 radical (unpaired) electrons. The molecule has 2 aliphatic rings. The van der Waals surface area contributed by atoms with Crippen molar-refractivity contribution in [2.45, 2.75) is 37.0 Å². The maximum Gasteiger partial charge on any atom is 0.217 e. The van der Waals surface area contributed by atoms with Gasteiger partial charge in [-0.3, -0.25) is 0 Å². The summed E-state index contributed by atoms with van der Waals surface area (Å²) in [5.74, 6) is 0.448. The highest BCUT2D eigenvalue weighted by Gasteiger charge is 2.36. The number of sulfonamides is 1. The standard InChI is InChI=1S/C10H20N2O3S.ClH/c11-6-10(8-3-4-8)12-16(13,14)9-2-1-5-15-7-9;/h8-10,12H,1-7,11H2;1H. The van der Waals surface area contributed by atoms with Crippen LogP contribution in [0.15, 0.2) is 0 Å². The summed E-state index contributed by atoms with van der Waals surface area (Å²) in [6.45, 7) is 1.38. The van der Waals surface area contributed by atoms with E-state index in [0.29, 0.717) is 32.1 Å². The number of halogens is 1. The first-order valence-corrected chi connectivity index (χ1v) is 7.47. The van der Waals surface area contributed by atoms with E-state index in [1.807, 2.05) is 0 Å². The first-order valence-electron chi connectivity index (χ1n) is 5.92. The van der Waals surface area contributed by atoms with Crippen LogP contribution in [0.25, 0.3) is 0 Å². The van der Waals surface area contributed by atoms with Gasteiger partial charge in [-0.05, 0) is 31.6 Å². The second kappa shape index (κ2) is 6.33. The Kier molecular flexibility index (Phi) is 5.66. The van der Waals surface area contributed by atoms with Gasteiger partial charge in [0.15, 0.2) is 0 Å². The highest BCUT2D eigenvalue weighted by Crippen LogP contribution is 2.32. The van der Waals surface area contributed by atoms with E-state index in [9.17, 15) is 8.42 Å². The SMILES string of the molecule is Cl.NCC(NS(=O)(=O)C1CCCOC1)C1CC1. The molecule has 1 heterocycles. The monoisotopic (exact) mass is 284 g/mol. The van der Waals surface area contributed by atoms with E-state index >= 15 is 0 Å². The zero-order valence-electron chi connectivity index (χ0n) is 9.80. The summed E-state index contributed by atoms with van der Waals surface area (Å²) in [7, 11) is -3.25. The first-order chi connectivity index (χ1) is 7.63. The summed E-state index contributed by atoms with van der Waals surface area (Å²) >= 11 is 0. The minimum atomic E-state index is -3.25. The van der Waals surface area contributed by atoms with Gasteiger partial charge in [-0.1, -0.05) is 0 Å². The molecule has 5 nitrogen and oxygen atoms in total. The van der Waals surface area contributed by atoms with Gasteiger partial charge in [-0.25, -0.2) is 13.1 Å². The maximum absolute atomic E-state index is 12.0. The van der Waals surface area contributed by atoms with E-state index in [-0.39, 0.29) is 18.4 Å². The third-order valence-electron chi connectivity index (χ3n) is 3.32. The number of nitrogens with one attached hydrogen (secondary N) is 1. The Labute approximate surface area is 109 Å². The third kappa shape index (κ3) is 4.06. The fourth-order valence-electron chi connectivity index (χ4n) is 2.10. The van der Waals surface area contributed by atoms with Gasteiger partial charge in [0.05, 0.1) is 11.9 Å². The van der Waals surface area contributed by atoms with E-state index in [1.54, 1.807) is 0 Å². The van der Waals surface area contributed by atoms with Crippen LogP contribution in [0.1, 0.15) is 25.7 Å². The van der Waals surface area contributed by atoms with Crippen LogP contribution in [0.5, 0.6) is 0 Å². The molecule has 17 heavy (non-hydrogen) atoms. The highest BCUT2D eigenvalue weighted by atomic mass is 35.5. The molecule has 0 spiro atoms. The summed E-state index contributed by atoms with van der Waals surface area (Å²) < 4.78 is 32.0. The summed E-state index contributed by atoms with van der Waals surface area (Å²) in [6, 6.07) is -0.0769. The average Bonchev–Trinajstić information content (AvgIpc) is 3.11. The number of nitrogens with two attached hydrogens (primary N) is 1. The van der Waals surface area contributed by atoms with Crippen molar-refractivity contribution >= 4 is 22.4 Å². The molecule has 0 aromatic rings. The Bertz CT molecular complexity index is 326. The van der Waals surface area contributed by atoms with Crippen LogP contribution < -0.4 is 10.5 Å². The molecule has 0 amide bonds. The minimum absolute atomic E-state index is 0. The predicted molar refractivity (Wildman–Crippen MR) is 68.7 cm³/mol. The molecule has 2 unspecified atom stereocenters. The van der Waals surface area contributed by atoms with Gasteiger partial charge in [0.25, 0.3) is 0 Å². The molecule has 1 aliphatic heterocycles. The Morgan fingerprint density at radius 2 is 2.06 bits per heavy atom. The Hall–Kier alpha value is 0.120. The summed E-state index contributed by atoms with van der Waals surface area (Å²) in [6.07, 6.45) is 3.69. The lowest BCUT2D eigenvalue weighted by Gasteiger charge is -2.25. The van der Waals surface area contributed by atoms with Crippen molar-refractivity contribution in [3.05, 3.63) is 0 Å². The van der Waals surface area contributed by atoms with Crippen molar-refractivity contribution < 1.29 is 13.2 Å². The van der Waals surface area contributed by atoms with Crippen molar-refractivity contribution in [1.29, 1.82) is 0 Å². The van der Waals surface area contributed by atoms with Crippen LogP contribution in [0, 0.1) is 5.92 Å². The molecule has 102 valence electrons. The Morgan fingerprint density at radius 1 is 1.35 bits per heavy atom. The molecule has 0 aromatic heterocycles. The summed E-state index contributed by atoms with van der Waals surface area (Å²) in [5, 5.41) is -0.394. The maximum atomic E-state index is 12.0. The predicted octanol–water partition coefficient (Wildman–Crippen LogP) is 0.244. The second-order valence-corrected chi connectivity index (χ2v) is 6.67. The molecule has 2 fully saturated rings. The molecule has 0 aromatic carbocycles. The summed E-state index contributed by atoms with van der Waals surface area (Å²) in [5.41, 5.74) is 5.59. The highest BCUT2D eigenvalue weighted by molar-refractivity contribution is 7.90. The van der Waals surface area contributed by atoms with Crippen LogP contribution in [0.3, 0.4) is 0 Å². The molecule has 2 rings (SSSR count). The Morgan fingerprint density at radius 3 is 2.53 bits per heavy atom. The topological polar surface area (TPSA) is 81.4 Å². The largest absolute Gasteiger partial charge is 0.380 e. The van der Waals surface area contributed by atoms with Crippen LogP contribution in [0.4, 0.5) is 0 Å². The molecule has 3 N–H and O–H groups in total. The minimum Gasteiger partial charge on any atom is -0.380 e. The van der Waals surface area contributed by atoms with E-state index in [0.717, 1.165) is 19.3 Å². The van der Waals surface area contributed by atoms with Crippen molar-refractivity contribution in [1.82, 2.24) is 4.72 Å². The number of hydrogen-bond acceptors (Lipinski definition) is 4. The molecule has 7 heteroatoms. The van der Waals surface area contributed by atoms with Gasteiger partial charge >= 0.3 is 0 Å². The average molecular weight is 285 g/mol. The molecule has 2 atom stereocenters. The summed E-state index contributed by atoms with van der Waals surface area (Å²) in [4.78, 5) is 0. The van der Waals surface area contributed by atoms with Gasteiger partial charge in [-0.2, -0.15) is 0 Å². The lowest BCUT2D eigenvalue weighted by atomic mass is 10.2. The molecule has 0 bridgehead atoms. The van der Waals surface area contributed by atoms with E-state index < -0.39 is 15.3 Å². The second-order valence-electron chi connectivity index (χ2n) is 4.68. The van der Waals surface area contributed by atoms with Crippen molar-refractivity contribution in [3.63, 3.8) is 0 Å². The number of rotatable bonds is 5. The Balaban J connectivity index is 0.00000144.